The minimum Gasteiger partial charge on any atom is -0.756 e. The Morgan fingerprint density at radius 2 is 1.22 bits per heavy atom. The van der Waals surface area contributed by atoms with Gasteiger partial charge in [-0.05, 0) is 44.9 Å². The van der Waals surface area contributed by atoms with Gasteiger partial charge in [-0.3, -0.25) is 9.36 Å². The summed E-state index contributed by atoms with van der Waals surface area (Å²) in [5.41, 5.74) is 0. The number of hydrogen-bond donors (Lipinski definition) is 0. The molecule has 2 atom stereocenters. The van der Waals surface area contributed by atoms with Crippen LogP contribution in [-0.4, -0.2) is 70.7 Å². The second-order valence-corrected chi connectivity index (χ2v) is 14.6. The Morgan fingerprint density at radius 1 is 0.689 bits per heavy atom. The molecule has 0 amide bonds. The molecule has 0 saturated carbocycles. The van der Waals surface area contributed by atoms with E-state index >= 15 is 0 Å². The van der Waals surface area contributed by atoms with Crippen LogP contribution in [0.15, 0.2) is 24.3 Å². The van der Waals surface area contributed by atoms with E-state index in [1.807, 2.05) is 28.1 Å². The lowest BCUT2D eigenvalue weighted by Crippen LogP contribution is -2.37. The fraction of sp³-hybridized carbons (Fsp3) is 0.861. The van der Waals surface area contributed by atoms with Crippen molar-refractivity contribution in [1.82, 2.24) is 0 Å². The number of nitrogens with zero attached hydrogens (tertiary/aromatic N) is 1. The van der Waals surface area contributed by atoms with Crippen molar-refractivity contribution in [1.29, 1.82) is 0 Å². The van der Waals surface area contributed by atoms with E-state index in [4.69, 9.17) is 18.5 Å². The SMILES string of the molecule is CCCCCCC/C=C\C/C=C\CCCCCCCCCCCCOCC(COP(=O)([O-])OCC[N+](C)(C)C)OC(=O)CCC. The Hall–Kier alpha value is -1.02. The lowest BCUT2D eigenvalue weighted by molar-refractivity contribution is -0.870. The third kappa shape index (κ3) is 34.1. The molecule has 0 aliphatic heterocycles. The first-order valence-electron chi connectivity index (χ1n) is 18.1. The predicted molar refractivity (Wildman–Crippen MR) is 185 cm³/mol. The molecule has 266 valence electrons. The van der Waals surface area contributed by atoms with Gasteiger partial charge in [-0.15, -0.1) is 0 Å². The van der Waals surface area contributed by atoms with Crippen LogP contribution < -0.4 is 4.89 Å². The van der Waals surface area contributed by atoms with E-state index in [9.17, 15) is 14.3 Å². The summed E-state index contributed by atoms with van der Waals surface area (Å²) in [7, 11) is 1.35. The molecular formula is C36H70NO7P. The number of hydrogen-bond acceptors (Lipinski definition) is 7. The quantitative estimate of drug-likeness (QED) is 0.0228. The fourth-order valence-corrected chi connectivity index (χ4v) is 5.40. The van der Waals surface area contributed by atoms with E-state index in [2.05, 4.69) is 31.2 Å². The number of carbonyl (C=O) groups excluding carboxylic acids is 1. The molecule has 0 radical (unpaired) electrons. The Labute approximate surface area is 277 Å². The maximum Gasteiger partial charge on any atom is 0.306 e. The molecule has 0 N–H and O–H groups in total. The lowest BCUT2D eigenvalue weighted by atomic mass is 10.1. The van der Waals surface area contributed by atoms with E-state index in [0.717, 1.165) is 19.3 Å². The number of esters is 1. The molecule has 0 fully saturated rings. The number of allylic oxidation sites excluding steroid dienone is 4. The van der Waals surface area contributed by atoms with Gasteiger partial charge in [0.2, 0.25) is 0 Å². The summed E-state index contributed by atoms with van der Waals surface area (Å²) < 4.78 is 33.7. The first-order chi connectivity index (χ1) is 21.6. The molecule has 0 heterocycles. The van der Waals surface area contributed by atoms with Gasteiger partial charge in [-0.2, -0.15) is 0 Å². The minimum absolute atomic E-state index is 0.0245. The van der Waals surface area contributed by atoms with Gasteiger partial charge >= 0.3 is 5.97 Å². The Kier molecular flexibility index (Phi) is 29.6. The van der Waals surface area contributed by atoms with Crippen molar-refractivity contribution in [3.05, 3.63) is 24.3 Å². The number of carbonyl (C=O) groups is 1. The summed E-state index contributed by atoms with van der Waals surface area (Å²) >= 11 is 0. The first kappa shape index (κ1) is 44.0. The van der Waals surface area contributed by atoms with Gasteiger partial charge in [-0.1, -0.05) is 115 Å². The molecule has 0 aromatic heterocycles. The van der Waals surface area contributed by atoms with Gasteiger partial charge in [0.1, 0.15) is 19.3 Å². The average molecular weight is 660 g/mol. The highest BCUT2D eigenvalue weighted by Crippen LogP contribution is 2.38. The molecule has 0 aromatic carbocycles. The van der Waals surface area contributed by atoms with Crippen LogP contribution in [0.3, 0.4) is 0 Å². The third-order valence-electron chi connectivity index (χ3n) is 7.48. The Morgan fingerprint density at radius 3 is 1.76 bits per heavy atom. The lowest BCUT2D eigenvalue weighted by Gasteiger charge is -2.28. The summed E-state index contributed by atoms with van der Waals surface area (Å²) in [6.07, 6.45) is 32.0. The van der Waals surface area contributed by atoms with Gasteiger partial charge in [0.25, 0.3) is 7.82 Å². The van der Waals surface area contributed by atoms with Crippen LogP contribution in [0.5, 0.6) is 0 Å². The maximum atomic E-state index is 12.1. The molecular weight excluding hydrogens is 589 g/mol. The van der Waals surface area contributed by atoms with Gasteiger partial charge in [-0.25, -0.2) is 0 Å². The summed E-state index contributed by atoms with van der Waals surface area (Å²) in [5.74, 6) is -0.389. The molecule has 0 bridgehead atoms. The maximum absolute atomic E-state index is 12.1. The number of quaternary nitrogens is 1. The van der Waals surface area contributed by atoms with Crippen molar-refractivity contribution in [2.45, 2.75) is 148 Å². The number of likely N-dealkylation sites (N-methyl/N-ethyl adjacent to an activating group) is 1. The zero-order valence-electron chi connectivity index (χ0n) is 29.8. The van der Waals surface area contributed by atoms with E-state index in [-0.39, 0.29) is 32.2 Å². The van der Waals surface area contributed by atoms with Crippen LogP contribution in [0.2, 0.25) is 0 Å². The topological polar surface area (TPSA) is 94.1 Å². The predicted octanol–water partition coefficient (Wildman–Crippen LogP) is 9.08. The van der Waals surface area contributed by atoms with E-state index < -0.39 is 13.9 Å². The molecule has 0 saturated heterocycles. The normalized spacial score (nSPS) is 14.4. The molecule has 0 spiro atoms. The number of rotatable bonds is 33. The summed E-state index contributed by atoms with van der Waals surface area (Å²) in [4.78, 5) is 24.1. The highest BCUT2D eigenvalue weighted by atomic mass is 31.2. The molecule has 0 aromatic rings. The van der Waals surface area contributed by atoms with Crippen LogP contribution in [0, 0.1) is 0 Å². The molecule has 0 aliphatic rings. The second-order valence-electron chi connectivity index (χ2n) is 13.2. The van der Waals surface area contributed by atoms with Gasteiger partial charge in [0, 0.05) is 13.0 Å². The summed E-state index contributed by atoms with van der Waals surface area (Å²) in [6, 6.07) is 0. The fourth-order valence-electron chi connectivity index (χ4n) is 4.67. The Bertz CT molecular complexity index is 782. The van der Waals surface area contributed by atoms with Gasteiger partial charge < -0.3 is 27.9 Å². The molecule has 2 unspecified atom stereocenters. The molecule has 9 heteroatoms. The molecule has 45 heavy (non-hydrogen) atoms. The van der Waals surface area contributed by atoms with E-state index in [1.54, 1.807) is 0 Å². The summed E-state index contributed by atoms with van der Waals surface area (Å²) in [5, 5.41) is 0. The Balaban J connectivity index is 3.79. The van der Waals surface area contributed by atoms with Gasteiger partial charge in [0.15, 0.2) is 0 Å². The minimum atomic E-state index is -4.49. The zero-order valence-corrected chi connectivity index (χ0v) is 30.7. The smallest absolute Gasteiger partial charge is 0.306 e. The first-order valence-corrected chi connectivity index (χ1v) is 19.5. The monoisotopic (exact) mass is 659 g/mol. The average Bonchev–Trinajstić information content (AvgIpc) is 2.97. The van der Waals surface area contributed by atoms with Crippen molar-refractivity contribution in [2.24, 2.45) is 0 Å². The standard InChI is InChI=1S/C36H70NO7P/c1-6-8-9-10-11-12-13-14-15-16-17-18-19-20-21-22-23-24-25-26-27-28-31-41-33-35(44-36(38)29-7-2)34-43-45(39,40)42-32-30-37(3,4)5/h13-14,16-17,35H,6-12,15,18-34H2,1-5H3/b14-13-,17-16-. The molecule has 0 aliphatic carbocycles. The zero-order chi connectivity index (χ0) is 33.5. The van der Waals surface area contributed by atoms with Crippen LogP contribution in [0.1, 0.15) is 142 Å². The van der Waals surface area contributed by atoms with Crippen LogP contribution in [0.25, 0.3) is 0 Å². The largest absolute Gasteiger partial charge is 0.756 e. The van der Waals surface area contributed by atoms with Crippen molar-refractivity contribution in [3.63, 3.8) is 0 Å². The highest BCUT2D eigenvalue weighted by molar-refractivity contribution is 7.45. The molecule has 0 rings (SSSR count). The van der Waals surface area contributed by atoms with Gasteiger partial charge in [0.05, 0.1) is 34.4 Å². The number of unbranched alkanes of at least 4 members (excludes halogenated alkanes) is 15. The third-order valence-corrected chi connectivity index (χ3v) is 8.44. The number of phosphoric ester groups is 1. The van der Waals surface area contributed by atoms with Crippen molar-refractivity contribution in [2.75, 3.05) is 54.1 Å². The van der Waals surface area contributed by atoms with E-state index in [0.29, 0.717) is 24.1 Å². The van der Waals surface area contributed by atoms with Crippen molar-refractivity contribution < 1.29 is 37.3 Å². The van der Waals surface area contributed by atoms with Crippen molar-refractivity contribution in [3.8, 4) is 0 Å². The molecule has 8 nitrogen and oxygen atoms in total. The number of ether oxygens (including phenoxy) is 2. The number of phosphoric acid groups is 1. The van der Waals surface area contributed by atoms with Crippen LogP contribution >= 0.6 is 7.82 Å². The second kappa shape index (κ2) is 30.3. The van der Waals surface area contributed by atoms with Crippen LogP contribution in [-0.2, 0) is 27.9 Å². The van der Waals surface area contributed by atoms with Crippen LogP contribution in [0.4, 0.5) is 0 Å². The van der Waals surface area contributed by atoms with E-state index in [1.165, 1.54) is 96.3 Å². The van der Waals surface area contributed by atoms with Crippen molar-refractivity contribution >= 4 is 13.8 Å². The highest BCUT2D eigenvalue weighted by Gasteiger charge is 2.20. The summed E-state index contributed by atoms with van der Waals surface area (Å²) in [6.45, 7) is 5.02.